The molecule has 0 saturated carbocycles. The van der Waals surface area contributed by atoms with Crippen molar-refractivity contribution in [1.29, 1.82) is 0 Å². The first-order chi connectivity index (χ1) is 15.9. The van der Waals surface area contributed by atoms with E-state index in [-0.39, 0.29) is 17.6 Å². The lowest BCUT2D eigenvalue weighted by atomic mass is 10.1. The molecule has 2 aromatic carbocycles. The first kappa shape index (κ1) is 21.9. The maximum atomic E-state index is 12.9. The van der Waals surface area contributed by atoms with E-state index in [1.54, 1.807) is 47.3 Å². The highest BCUT2D eigenvalue weighted by atomic mass is 16.3. The summed E-state index contributed by atoms with van der Waals surface area (Å²) in [6.45, 7) is 2.38. The van der Waals surface area contributed by atoms with Crippen molar-refractivity contribution >= 4 is 29.0 Å². The lowest BCUT2D eigenvalue weighted by Gasteiger charge is -2.14. The molecule has 8 heteroatoms. The third-order valence-electron chi connectivity index (χ3n) is 5.24. The van der Waals surface area contributed by atoms with Crippen molar-refractivity contribution < 1.29 is 14.0 Å². The van der Waals surface area contributed by atoms with Gasteiger partial charge in [-0.25, -0.2) is 4.68 Å². The highest BCUT2D eigenvalue weighted by molar-refractivity contribution is 6.06. The van der Waals surface area contributed by atoms with E-state index in [0.29, 0.717) is 23.6 Å². The maximum Gasteiger partial charge on any atom is 0.291 e. The SMILES string of the molecule is Cc1ccc(C(=O)Nc2ccnn2Cc2ccc(N(C)C)cc2)cc1NC(=O)c1ccco1. The summed E-state index contributed by atoms with van der Waals surface area (Å²) >= 11 is 0. The van der Waals surface area contributed by atoms with Crippen LogP contribution in [0.15, 0.2) is 77.5 Å². The standard InChI is InChI=1S/C25H25N5O3/c1-17-6-9-19(15-21(17)27-25(32)22-5-4-14-33-22)24(31)28-23-12-13-26-30(23)16-18-7-10-20(11-8-18)29(2)3/h4-15H,16H2,1-3H3,(H,27,32)(H,28,31). The molecule has 2 amide bonds. The van der Waals surface area contributed by atoms with E-state index in [0.717, 1.165) is 16.8 Å². The average Bonchev–Trinajstić information content (AvgIpc) is 3.48. The molecule has 0 atom stereocenters. The normalized spacial score (nSPS) is 10.6. The molecule has 0 unspecified atom stereocenters. The van der Waals surface area contributed by atoms with Crippen LogP contribution in [0.25, 0.3) is 0 Å². The Morgan fingerprint density at radius 3 is 2.48 bits per heavy atom. The molecule has 0 bridgehead atoms. The highest BCUT2D eigenvalue weighted by Gasteiger charge is 2.14. The molecular weight excluding hydrogens is 418 g/mol. The van der Waals surface area contributed by atoms with Crippen molar-refractivity contribution in [3.05, 3.63) is 95.6 Å². The van der Waals surface area contributed by atoms with Crippen LogP contribution in [0.1, 0.15) is 32.0 Å². The van der Waals surface area contributed by atoms with Crippen molar-refractivity contribution in [3.8, 4) is 0 Å². The van der Waals surface area contributed by atoms with E-state index in [2.05, 4.69) is 15.7 Å². The molecule has 2 N–H and O–H groups in total. The van der Waals surface area contributed by atoms with Gasteiger partial charge in [0.2, 0.25) is 0 Å². The number of carbonyl (C=O) groups excluding carboxylic acids is 2. The van der Waals surface area contributed by atoms with Crippen molar-refractivity contribution in [1.82, 2.24) is 9.78 Å². The number of anilines is 3. The second-order valence-corrected chi connectivity index (χ2v) is 7.85. The molecule has 0 aliphatic heterocycles. The Bertz CT molecular complexity index is 1260. The molecule has 0 spiro atoms. The number of furan rings is 1. The summed E-state index contributed by atoms with van der Waals surface area (Å²) in [7, 11) is 3.99. The van der Waals surface area contributed by atoms with Gasteiger partial charge in [-0.2, -0.15) is 5.10 Å². The van der Waals surface area contributed by atoms with Crippen molar-refractivity contribution in [3.63, 3.8) is 0 Å². The number of benzene rings is 2. The molecule has 8 nitrogen and oxygen atoms in total. The van der Waals surface area contributed by atoms with Gasteiger partial charge in [-0.3, -0.25) is 9.59 Å². The van der Waals surface area contributed by atoms with Crippen LogP contribution in [-0.4, -0.2) is 35.7 Å². The molecule has 0 radical (unpaired) electrons. The molecule has 0 saturated heterocycles. The molecule has 0 fully saturated rings. The maximum absolute atomic E-state index is 12.9. The Kier molecular flexibility index (Phi) is 6.26. The highest BCUT2D eigenvalue weighted by Crippen LogP contribution is 2.20. The minimum Gasteiger partial charge on any atom is -0.459 e. The molecule has 0 aliphatic rings. The zero-order chi connectivity index (χ0) is 23.4. The fourth-order valence-electron chi connectivity index (χ4n) is 3.32. The average molecular weight is 444 g/mol. The Morgan fingerprint density at radius 1 is 1.00 bits per heavy atom. The predicted octanol–water partition coefficient (Wildman–Crippen LogP) is 4.40. The Hall–Kier alpha value is -4.33. The van der Waals surface area contributed by atoms with E-state index in [9.17, 15) is 9.59 Å². The van der Waals surface area contributed by atoms with Gasteiger partial charge in [-0.1, -0.05) is 18.2 Å². The number of hydrogen-bond acceptors (Lipinski definition) is 5. The van der Waals surface area contributed by atoms with Gasteiger partial charge >= 0.3 is 0 Å². The number of rotatable bonds is 7. The number of carbonyl (C=O) groups is 2. The van der Waals surface area contributed by atoms with Gasteiger partial charge in [0.25, 0.3) is 11.8 Å². The van der Waals surface area contributed by atoms with Crippen LogP contribution in [0, 0.1) is 6.92 Å². The van der Waals surface area contributed by atoms with Gasteiger partial charge < -0.3 is 20.0 Å². The molecule has 168 valence electrons. The molecule has 4 aromatic rings. The quantitative estimate of drug-likeness (QED) is 0.442. The van der Waals surface area contributed by atoms with E-state index in [1.165, 1.54) is 6.26 Å². The fraction of sp³-hybridized carbons (Fsp3) is 0.160. The number of amides is 2. The number of aryl methyl sites for hydroxylation is 1. The Labute approximate surface area is 191 Å². The second-order valence-electron chi connectivity index (χ2n) is 7.85. The zero-order valence-electron chi connectivity index (χ0n) is 18.7. The van der Waals surface area contributed by atoms with Gasteiger partial charge in [-0.15, -0.1) is 0 Å². The van der Waals surface area contributed by atoms with Crippen LogP contribution in [0.2, 0.25) is 0 Å². The molecule has 4 rings (SSSR count). The third-order valence-corrected chi connectivity index (χ3v) is 5.24. The lowest BCUT2D eigenvalue weighted by Crippen LogP contribution is -2.17. The first-order valence-corrected chi connectivity index (χ1v) is 10.5. The number of nitrogens with one attached hydrogen (secondary N) is 2. The van der Waals surface area contributed by atoms with Crippen LogP contribution in [0.5, 0.6) is 0 Å². The fourth-order valence-corrected chi connectivity index (χ4v) is 3.32. The van der Waals surface area contributed by atoms with Crippen LogP contribution >= 0.6 is 0 Å². The summed E-state index contributed by atoms with van der Waals surface area (Å²) < 4.78 is 6.86. The molecule has 2 heterocycles. The third kappa shape index (κ3) is 5.12. The van der Waals surface area contributed by atoms with Crippen molar-refractivity contribution in [2.24, 2.45) is 0 Å². The second kappa shape index (κ2) is 9.44. The Morgan fingerprint density at radius 2 is 1.79 bits per heavy atom. The molecule has 0 aliphatic carbocycles. The van der Waals surface area contributed by atoms with Gasteiger partial charge in [0, 0.05) is 37.1 Å². The predicted molar refractivity (Wildman–Crippen MR) is 128 cm³/mol. The Balaban J connectivity index is 1.47. The monoisotopic (exact) mass is 443 g/mol. The summed E-state index contributed by atoms with van der Waals surface area (Å²) in [4.78, 5) is 27.3. The van der Waals surface area contributed by atoms with Crippen LogP contribution in [-0.2, 0) is 6.54 Å². The van der Waals surface area contributed by atoms with Crippen molar-refractivity contribution in [2.75, 3.05) is 29.6 Å². The summed E-state index contributed by atoms with van der Waals surface area (Å²) in [5, 5.41) is 10.0. The van der Waals surface area contributed by atoms with E-state index >= 15 is 0 Å². The minimum absolute atomic E-state index is 0.201. The molecule has 2 aromatic heterocycles. The number of aromatic nitrogens is 2. The molecule has 33 heavy (non-hydrogen) atoms. The number of nitrogens with zero attached hydrogens (tertiary/aromatic N) is 3. The van der Waals surface area contributed by atoms with Crippen LogP contribution in [0.4, 0.5) is 17.2 Å². The minimum atomic E-state index is -0.376. The van der Waals surface area contributed by atoms with Crippen molar-refractivity contribution in [2.45, 2.75) is 13.5 Å². The first-order valence-electron chi connectivity index (χ1n) is 10.5. The van der Waals surface area contributed by atoms with Gasteiger partial charge in [-0.05, 0) is 54.4 Å². The summed E-state index contributed by atoms with van der Waals surface area (Å²) in [6, 6.07) is 18.3. The largest absolute Gasteiger partial charge is 0.459 e. The topological polar surface area (TPSA) is 92.4 Å². The zero-order valence-corrected chi connectivity index (χ0v) is 18.7. The van der Waals surface area contributed by atoms with Gasteiger partial charge in [0.05, 0.1) is 19.0 Å². The van der Waals surface area contributed by atoms with Crippen LogP contribution < -0.4 is 15.5 Å². The number of hydrogen-bond donors (Lipinski definition) is 2. The van der Waals surface area contributed by atoms with Crippen LogP contribution in [0.3, 0.4) is 0 Å². The van der Waals surface area contributed by atoms with E-state index in [4.69, 9.17) is 4.42 Å². The van der Waals surface area contributed by atoms with E-state index in [1.807, 2.05) is 50.2 Å². The molecular formula is C25H25N5O3. The van der Waals surface area contributed by atoms with E-state index < -0.39 is 0 Å². The van der Waals surface area contributed by atoms with Gasteiger partial charge in [0.1, 0.15) is 5.82 Å². The summed E-state index contributed by atoms with van der Waals surface area (Å²) in [5.74, 6) is 0.109. The summed E-state index contributed by atoms with van der Waals surface area (Å²) in [6.07, 6.45) is 3.08. The smallest absolute Gasteiger partial charge is 0.291 e. The summed E-state index contributed by atoms with van der Waals surface area (Å²) in [5.41, 5.74) is 3.97. The lowest BCUT2D eigenvalue weighted by molar-refractivity contribution is 0.0993. The van der Waals surface area contributed by atoms with Gasteiger partial charge in [0.15, 0.2) is 5.76 Å².